The van der Waals surface area contributed by atoms with Crippen LogP contribution in [0.3, 0.4) is 0 Å². The van der Waals surface area contributed by atoms with Crippen LogP contribution in [0.2, 0.25) is 0 Å². The lowest BCUT2D eigenvalue weighted by atomic mass is 9.26. The molecule has 8 atom stereocenters. The Morgan fingerprint density at radius 1 is 1.24 bits per heavy atom. The average Bonchev–Trinajstić information content (AvgIpc) is 3.05. The number of halogens is 2. The lowest BCUT2D eigenvalue weighted by Gasteiger charge is -2.79. The van der Waals surface area contributed by atoms with E-state index in [4.69, 9.17) is 4.74 Å². The zero-order valence-corrected chi connectivity index (χ0v) is 20.9. The number of rotatable bonds is 5. The van der Waals surface area contributed by atoms with Gasteiger partial charge in [-0.25, -0.2) is 8.78 Å². The Kier molecular flexibility index (Phi) is 4.36. The SMILES string of the molecule is C=CCC1CCC23c4c5ccc(OC)c4C[C@]2(C)[C@@]2(O)CC[C@@]3(C[C@@H]2[C@@](C)(O)C(C)(F)F)[C@H]1C5. The third kappa shape index (κ3) is 2.14. The molecule has 2 spiro atoms. The first kappa shape index (κ1) is 23.0. The van der Waals surface area contributed by atoms with E-state index in [0.29, 0.717) is 31.1 Å². The van der Waals surface area contributed by atoms with E-state index in [1.54, 1.807) is 7.11 Å². The van der Waals surface area contributed by atoms with Gasteiger partial charge in [-0.3, -0.25) is 0 Å². The highest BCUT2D eigenvalue weighted by Gasteiger charge is 2.84. The molecule has 4 saturated carbocycles. The van der Waals surface area contributed by atoms with Crippen LogP contribution in [0.25, 0.3) is 0 Å². The van der Waals surface area contributed by atoms with Crippen molar-refractivity contribution in [2.24, 2.45) is 28.6 Å². The number of fused-ring (bicyclic) bond motifs is 2. The van der Waals surface area contributed by atoms with E-state index < -0.39 is 28.5 Å². The summed E-state index contributed by atoms with van der Waals surface area (Å²) in [5.74, 6) is -2.58. The molecule has 4 fully saturated rings. The number of aliphatic hydroxyl groups is 2. The lowest BCUT2D eigenvalue weighted by Crippen LogP contribution is -2.81. The summed E-state index contributed by atoms with van der Waals surface area (Å²) < 4.78 is 35.7. The Hall–Kier alpha value is -1.46. The van der Waals surface area contributed by atoms with Gasteiger partial charge in [0.2, 0.25) is 0 Å². The predicted molar refractivity (Wildman–Crippen MR) is 127 cm³/mol. The van der Waals surface area contributed by atoms with Crippen molar-refractivity contribution < 1.29 is 23.7 Å². The van der Waals surface area contributed by atoms with Gasteiger partial charge in [-0.2, -0.15) is 0 Å². The van der Waals surface area contributed by atoms with E-state index in [1.807, 2.05) is 6.08 Å². The van der Waals surface area contributed by atoms with Crippen LogP contribution in [0.1, 0.15) is 76.0 Å². The third-order valence-electron chi connectivity index (χ3n) is 12.0. The minimum Gasteiger partial charge on any atom is -0.496 e. The molecule has 0 saturated heterocycles. The van der Waals surface area contributed by atoms with Gasteiger partial charge in [0.05, 0.1) is 12.7 Å². The molecule has 5 heteroatoms. The topological polar surface area (TPSA) is 49.7 Å². The first-order valence-electron chi connectivity index (χ1n) is 13.0. The second-order valence-electron chi connectivity index (χ2n) is 12.7. The van der Waals surface area contributed by atoms with Gasteiger partial charge in [0.15, 0.2) is 0 Å². The summed E-state index contributed by atoms with van der Waals surface area (Å²) in [5.41, 5.74) is -0.944. The molecular weight excluding hydrogens is 434 g/mol. The van der Waals surface area contributed by atoms with Crippen LogP contribution in [0, 0.1) is 28.6 Å². The molecule has 0 heterocycles. The van der Waals surface area contributed by atoms with Crippen molar-refractivity contribution in [2.75, 3.05) is 7.11 Å². The Labute approximate surface area is 201 Å². The quantitative estimate of drug-likeness (QED) is 0.549. The summed E-state index contributed by atoms with van der Waals surface area (Å²) in [6.45, 7) is 8.25. The van der Waals surface area contributed by atoms with E-state index in [9.17, 15) is 19.0 Å². The van der Waals surface area contributed by atoms with E-state index >= 15 is 0 Å². The molecule has 1 aromatic rings. The van der Waals surface area contributed by atoms with E-state index in [1.165, 1.54) is 18.1 Å². The van der Waals surface area contributed by atoms with E-state index in [-0.39, 0.29) is 10.8 Å². The monoisotopic (exact) mass is 472 g/mol. The largest absolute Gasteiger partial charge is 0.496 e. The van der Waals surface area contributed by atoms with Gasteiger partial charge in [-0.1, -0.05) is 19.1 Å². The molecule has 7 rings (SSSR count). The normalized spacial score (nSPS) is 45.5. The summed E-state index contributed by atoms with van der Waals surface area (Å²) in [6, 6.07) is 4.27. The molecular formula is C29H38F2O3. The summed E-state index contributed by atoms with van der Waals surface area (Å²) in [5, 5.41) is 24.0. The Balaban J connectivity index is 1.67. The molecule has 6 aliphatic carbocycles. The highest BCUT2D eigenvalue weighted by atomic mass is 19.3. The molecule has 3 nitrogen and oxygen atoms in total. The summed E-state index contributed by atoms with van der Waals surface area (Å²) in [6.07, 6.45) is 8.22. The summed E-state index contributed by atoms with van der Waals surface area (Å²) >= 11 is 0. The maximum Gasteiger partial charge on any atom is 0.273 e. The van der Waals surface area contributed by atoms with Gasteiger partial charge in [-0.05, 0) is 98.3 Å². The minimum absolute atomic E-state index is 0.220. The maximum absolute atomic E-state index is 15.0. The van der Waals surface area contributed by atoms with Gasteiger partial charge in [-0.15, -0.1) is 6.58 Å². The molecule has 0 aliphatic heterocycles. The first-order valence-corrected chi connectivity index (χ1v) is 13.0. The summed E-state index contributed by atoms with van der Waals surface area (Å²) in [7, 11) is 1.69. The van der Waals surface area contributed by atoms with Crippen molar-refractivity contribution in [3.63, 3.8) is 0 Å². The standard InChI is InChI=1S/C29H38F2O3/c1-6-7-17-10-11-28-23-18-8-9-21(34-5)19(23)15-24(28,2)29(33)13-12-27(28,20(17)14-18)16-22(29)25(3,32)26(4,30)31/h6,8-9,17,20,22,32-33H,1,7,10-16H2,2-5H3/t17?,20-,22+,24-,25+,27+,28?,29+/m0/s1. The molecule has 1 aromatic carbocycles. The van der Waals surface area contributed by atoms with E-state index in [0.717, 1.165) is 50.3 Å². The first-order chi connectivity index (χ1) is 15.8. The number of benzene rings is 1. The zero-order chi connectivity index (χ0) is 24.5. The Morgan fingerprint density at radius 3 is 2.62 bits per heavy atom. The fraction of sp³-hybridized carbons (Fsp3) is 0.724. The van der Waals surface area contributed by atoms with Crippen molar-refractivity contribution in [3.05, 3.63) is 41.5 Å². The highest BCUT2D eigenvalue weighted by Crippen LogP contribution is 2.84. The molecule has 2 N–H and O–H groups in total. The fourth-order valence-corrected chi connectivity index (χ4v) is 10.5. The van der Waals surface area contributed by atoms with E-state index in [2.05, 4.69) is 25.6 Å². The lowest BCUT2D eigenvalue weighted by molar-refractivity contribution is -0.343. The van der Waals surface area contributed by atoms with Crippen LogP contribution in [0.4, 0.5) is 8.78 Å². The second kappa shape index (κ2) is 6.45. The van der Waals surface area contributed by atoms with Crippen molar-refractivity contribution in [2.45, 2.75) is 94.7 Å². The molecule has 186 valence electrons. The fourth-order valence-electron chi connectivity index (χ4n) is 10.5. The number of allylic oxidation sites excluding steroid dienone is 1. The van der Waals surface area contributed by atoms with Crippen molar-refractivity contribution in [1.29, 1.82) is 0 Å². The smallest absolute Gasteiger partial charge is 0.273 e. The van der Waals surface area contributed by atoms with Crippen LogP contribution in [0.15, 0.2) is 24.8 Å². The number of alkyl halides is 2. The molecule has 34 heavy (non-hydrogen) atoms. The Morgan fingerprint density at radius 2 is 1.97 bits per heavy atom. The number of hydrogen-bond donors (Lipinski definition) is 2. The van der Waals surface area contributed by atoms with Gasteiger partial charge >= 0.3 is 0 Å². The minimum atomic E-state index is -3.32. The number of ether oxygens (including phenoxy) is 1. The number of methoxy groups -OCH3 is 1. The van der Waals surface area contributed by atoms with Crippen LogP contribution in [-0.4, -0.2) is 34.4 Å². The van der Waals surface area contributed by atoms with Crippen LogP contribution >= 0.6 is 0 Å². The van der Waals surface area contributed by atoms with Gasteiger partial charge in [0.1, 0.15) is 11.4 Å². The van der Waals surface area contributed by atoms with Gasteiger partial charge < -0.3 is 14.9 Å². The van der Waals surface area contributed by atoms with Crippen LogP contribution in [-0.2, 0) is 18.3 Å². The maximum atomic E-state index is 15.0. The van der Waals surface area contributed by atoms with Crippen LogP contribution in [0.5, 0.6) is 5.75 Å². The molecule has 4 bridgehead atoms. The summed E-state index contributed by atoms with van der Waals surface area (Å²) in [4.78, 5) is 0. The highest BCUT2D eigenvalue weighted by molar-refractivity contribution is 5.61. The zero-order valence-electron chi connectivity index (χ0n) is 20.9. The van der Waals surface area contributed by atoms with Gasteiger partial charge in [0.25, 0.3) is 5.92 Å². The van der Waals surface area contributed by atoms with Crippen molar-refractivity contribution in [3.8, 4) is 5.75 Å². The van der Waals surface area contributed by atoms with Crippen LogP contribution < -0.4 is 4.74 Å². The van der Waals surface area contributed by atoms with Crippen molar-refractivity contribution >= 4 is 0 Å². The number of hydrogen-bond acceptors (Lipinski definition) is 3. The van der Waals surface area contributed by atoms with Crippen molar-refractivity contribution in [1.82, 2.24) is 0 Å². The van der Waals surface area contributed by atoms with Gasteiger partial charge in [0, 0.05) is 23.7 Å². The molecule has 6 aliphatic rings. The molecule has 0 radical (unpaired) electrons. The molecule has 0 aromatic heterocycles. The average molecular weight is 473 g/mol. The Bertz CT molecular complexity index is 1080. The third-order valence-corrected chi connectivity index (χ3v) is 12.0. The molecule has 0 amide bonds. The predicted octanol–water partition coefficient (Wildman–Crippen LogP) is 5.59. The molecule has 2 unspecified atom stereocenters. The second-order valence-corrected chi connectivity index (χ2v) is 12.7.